The van der Waals surface area contributed by atoms with Gasteiger partial charge in [-0.3, -0.25) is 9.59 Å². The maximum Gasteiger partial charge on any atom is 0.239 e. The lowest BCUT2D eigenvalue weighted by Crippen LogP contribution is -2.60. The lowest BCUT2D eigenvalue weighted by atomic mass is 9.47. The number of halogens is 1. The topological polar surface area (TPSA) is 55.8 Å². The Kier molecular flexibility index (Phi) is 4.63. The molecule has 2 bridgehead atoms. The van der Waals surface area contributed by atoms with Crippen molar-refractivity contribution in [1.82, 2.24) is 0 Å². The third kappa shape index (κ3) is 2.49. The van der Waals surface area contributed by atoms with Crippen LogP contribution in [0.3, 0.4) is 0 Å². The molecule has 3 aliphatic carbocycles. The summed E-state index contributed by atoms with van der Waals surface area (Å²) in [4.78, 5) is 29.6. The van der Waals surface area contributed by atoms with E-state index in [0.717, 1.165) is 26.7 Å². The molecule has 0 spiro atoms. The van der Waals surface area contributed by atoms with Crippen LogP contribution in [0.25, 0.3) is 0 Å². The zero-order valence-electron chi connectivity index (χ0n) is 18.2. The molecule has 33 heavy (non-hydrogen) atoms. The van der Waals surface area contributed by atoms with Gasteiger partial charge in [-0.2, -0.15) is 0 Å². The van der Waals surface area contributed by atoms with Crippen LogP contribution in [0.2, 0.25) is 0 Å². The van der Waals surface area contributed by atoms with Gasteiger partial charge in [0.2, 0.25) is 11.8 Å². The molecule has 2 unspecified atom stereocenters. The molecule has 1 saturated heterocycles. The smallest absolute Gasteiger partial charge is 0.239 e. The first-order valence-corrected chi connectivity index (χ1v) is 11.7. The lowest BCUT2D eigenvalue weighted by Gasteiger charge is -2.56. The predicted molar refractivity (Wildman–Crippen MR) is 127 cm³/mol. The van der Waals surface area contributed by atoms with Crippen LogP contribution in [0.1, 0.15) is 28.2 Å². The average molecular weight is 504 g/mol. The molecule has 6 heteroatoms. The molecule has 1 fully saturated rings. The van der Waals surface area contributed by atoms with E-state index >= 15 is 0 Å². The van der Waals surface area contributed by atoms with Crippen LogP contribution in [-0.4, -0.2) is 32.3 Å². The largest absolute Gasteiger partial charge is 0.355 e. The molecule has 2 amide bonds. The first-order chi connectivity index (χ1) is 16.1. The number of nitrogens with zero attached hydrogens (tertiary/aromatic N) is 1. The minimum Gasteiger partial charge on any atom is -0.355 e. The summed E-state index contributed by atoms with van der Waals surface area (Å²) in [7, 11) is 3.19. The van der Waals surface area contributed by atoms with Crippen molar-refractivity contribution in [2.24, 2.45) is 11.8 Å². The first kappa shape index (κ1) is 20.8. The standard InChI is InChI=1S/C27H22BrNO4/c1-32-26(33-2)27-19-12-5-3-10-17(19)21(18-11-4-6-13-20(18)27)22-23(27)25(31)29(24(22)30)16-9-7-8-15(28)14-16/h3-14,21-23,26H,1-2H3. The molecule has 0 radical (unpaired) electrons. The molecule has 0 aromatic heterocycles. The first-order valence-electron chi connectivity index (χ1n) is 10.9. The molecule has 3 aromatic rings. The highest BCUT2D eigenvalue weighted by atomic mass is 79.9. The monoisotopic (exact) mass is 503 g/mol. The van der Waals surface area contributed by atoms with Gasteiger partial charge in [-0.25, -0.2) is 4.90 Å². The van der Waals surface area contributed by atoms with Crippen LogP contribution in [-0.2, 0) is 24.5 Å². The van der Waals surface area contributed by atoms with Crippen molar-refractivity contribution >= 4 is 33.4 Å². The van der Waals surface area contributed by atoms with Gasteiger partial charge in [-0.05, 0) is 40.5 Å². The number of carbonyl (C=O) groups is 2. The summed E-state index contributed by atoms with van der Waals surface area (Å²) in [6.45, 7) is 0. The van der Waals surface area contributed by atoms with Crippen molar-refractivity contribution in [3.63, 3.8) is 0 Å². The third-order valence-corrected chi connectivity index (χ3v) is 8.04. The van der Waals surface area contributed by atoms with Crippen LogP contribution >= 0.6 is 15.9 Å². The minimum absolute atomic E-state index is 0.174. The summed E-state index contributed by atoms with van der Waals surface area (Å²) in [6.07, 6.45) is -0.743. The van der Waals surface area contributed by atoms with Crippen molar-refractivity contribution in [2.45, 2.75) is 17.6 Å². The molecule has 5 nitrogen and oxygen atoms in total. The van der Waals surface area contributed by atoms with Crippen molar-refractivity contribution in [3.8, 4) is 0 Å². The van der Waals surface area contributed by atoms with E-state index in [0.29, 0.717) is 5.69 Å². The highest BCUT2D eigenvalue weighted by Crippen LogP contribution is 2.65. The fourth-order valence-corrected chi connectivity index (χ4v) is 6.96. The highest BCUT2D eigenvalue weighted by Gasteiger charge is 2.71. The Balaban J connectivity index is 1.68. The number of anilines is 1. The number of imide groups is 1. The van der Waals surface area contributed by atoms with Gasteiger partial charge < -0.3 is 9.47 Å². The molecular formula is C27H22BrNO4. The maximum atomic E-state index is 14.2. The SMILES string of the molecule is COC(OC)C12c3ccccc3C(c3ccccc31)C1C(=O)N(c3cccc(Br)c3)C(=O)C12. The number of methoxy groups -OCH3 is 2. The van der Waals surface area contributed by atoms with Crippen molar-refractivity contribution in [2.75, 3.05) is 19.1 Å². The second kappa shape index (κ2) is 7.35. The Labute approximate surface area is 200 Å². The van der Waals surface area contributed by atoms with Gasteiger partial charge in [-0.15, -0.1) is 0 Å². The Hall–Kier alpha value is -2.80. The molecule has 7 rings (SSSR count). The fourth-order valence-electron chi connectivity index (χ4n) is 6.57. The highest BCUT2D eigenvalue weighted by molar-refractivity contribution is 9.10. The Bertz CT molecular complexity index is 1250. The molecule has 2 atom stereocenters. The van der Waals surface area contributed by atoms with Gasteiger partial charge >= 0.3 is 0 Å². The molecule has 1 heterocycles. The summed E-state index contributed by atoms with van der Waals surface area (Å²) in [5.74, 6) is -1.76. The van der Waals surface area contributed by atoms with E-state index in [2.05, 4.69) is 40.2 Å². The van der Waals surface area contributed by atoms with Gasteiger partial charge in [0.25, 0.3) is 0 Å². The lowest BCUT2D eigenvalue weighted by molar-refractivity contribution is -0.168. The zero-order chi connectivity index (χ0) is 22.9. The molecule has 3 aromatic carbocycles. The second-order valence-electron chi connectivity index (χ2n) is 8.82. The molecule has 1 aliphatic heterocycles. The van der Waals surface area contributed by atoms with Crippen molar-refractivity contribution in [1.29, 1.82) is 0 Å². The number of hydrogen-bond acceptors (Lipinski definition) is 4. The minimum atomic E-state index is -0.941. The summed E-state index contributed by atoms with van der Waals surface area (Å²) in [5.41, 5.74) is 3.76. The summed E-state index contributed by atoms with van der Waals surface area (Å²) < 4.78 is 12.6. The van der Waals surface area contributed by atoms with Crippen LogP contribution in [0, 0.1) is 11.8 Å². The molecule has 0 N–H and O–H groups in total. The van der Waals surface area contributed by atoms with Crippen LogP contribution in [0.4, 0.5) is 5.69 Å². The third-order valence-electron chi connectivity index (χ3n) is 7.55. The van der Waals surface area contributed by atoms with Crippen molar-refractivity contribution in [3.05, 3.63) is 99.5 Å². The summed E-state index contributed by atoms with van der Waals surface area (Å²) >= 11 is 3.48. The second-order valence-corrected chi connectivity index (χ2v) is 9.74. The maximum absolute atomic E-state index is 14.2. The number of ether oxygens (including phenoxy) is 2. The molecule has 166 valence electrons. The molecule has 4 aliphatic rings. The number of rotatable bonds is 4. The Morgan fingerprint density at radius 1 is 0.848 bits per heavy atom. The number of benzene rings is 3. The zero-order valence-corrected chi connectivity index (χ0v) is 19.8. The quantitative estimate of drug-likeness (QED) is 0.385. The normalized spacial score (nSPS) is 27.0. The summed E-state index contributed by atoms with van der Waals surface area (Å²) in [5, 5.41) is 0. The number of hydrogen-bond donors (Lipinski definition) is 0. The van der Waals surface area contributed by atoms with E-state index in [9.17, 15) is 9.59 Å². The van der Waals surface area contributed by atoms with Gasteiger partial charge in [0.05, 0.1) is 22.9 Å². The van der Waals surface area contributed by atoms with Crippen LogP contribution < -0.4 is 4.90 Å². The van der Waals surface area contributed by atoms with E-state index in [1.165, 1.54) is 4.90 Å². The average Bonchev–Trinajstić information content (AvgIpc) is 3.11. The van der Waals surface area contributed by atoms with Gasteiger partial charge in [0, 0.05) is 24.6 Å². The van der Waals surface area contributed by atoms with Gasteiger partial charge in [0.1, 0.15) is 0 Å². The van der Waals surface area contributed by atoms with E-state index in [-0.39, 0.29) is 17.7 Å². The van der Waals surface area contributed by atoms with Crippen LogP contribution in [0.15, 0.2) is 77.3 Å². The van der Waals surface area contributed by atoms with E-state index < -0.39 is 23.5 Å². The number of amides is 2. The fraction of sp³-hybridized carbons (Fsp3) is 0.259. The Morgan fingerprint density at radius 2 is 1.45 bits per heavy atom. The van der Waals surface area contributed by atoms with Crippen molar-refractivity contribution < 1.29 is 19.1 Å². The van der Waals surface area contributed by atoms with E-state index in [1.807, 2.05) is 42.5 Å². The van der Waals surface area contributed by atoms with Gasteiger partial charge in [0.15, 0.2) is 6.29 Å². The number of carbonyl (C=O) groups excluding carboxylic acids is 2. The summed E-state index contributed by atoms with van der Waals surface area (Å²) in [6, 6.07) is 23.5. The molecule has 0 saturated carbocycles. The molecular weight excluding hydrogens is 482 g/mol. The van der Waals surface area contributed by atoms with Crippen LogP contribution in [0.5, 0.6) is 0 Å². The van der Waals surface area contributed by atoms with E-state index in [1.54, 1.807) is 20.3 Å². The predicted octanol–water partition coefficient (Wildman–Crippen LogP) is 4.62. The Morgan fingerprint density at radius 3 is 2.03 bits per heavy atom. The van der Waals surface area contributed by atoms with Gasteiger partial charge in [-0.1, -0.05) is 70.5 Å². The van der Waals surface area contributed by atoms with E-state index in [4.69, 9.17) is 9.47 Å².